The molecule has 2 unspecified atom stereocenters. The molecule has 0 spiro atoms. The molecule has 0 aromatic carbocycles. The molecule has 1 nitrogen and oxygen atoms in total. The van der Waals surface area contributed by atoms with Crippen LogP contribution >= 0.6 is 11.8 Å². The highest BCUT2D eigenvalue weighted by molar-refractivity contribution is 8.00. The van der Waals surface area contributed by atoms with E-state index in [0.717, 1.165) is 23.6 Å². The minimum absolute atomic E-state index is 0.756. The summed E-state index contributed by atoms with van der Waals surface area (Å²) in [5, 5.41) is 5.01. The van der Waals surface area contributed by atoms with Crippen molar-refractivity contribution < 1.29 is 0 Å². The van der Waals surface area contributed by atoms with Crippen molar-refractivity contribution in [2.45, 2.75) is 51.0 Å². The maximum Gasteiger partial charge on any atom is 0.0146 e. The standard InChI is InChI=1S/C10H23NS/c1-5-7-11-8-10(4)12-9(3)6-2/h9-11H,5-8H2,1-4H3. The van der Waals surface area contributed by atoms with Crippen molar-refractivity contribution in [3.05, 3.63) is 0 Å². The summed E-state index contributed by atoms with van der Waals surface area (Å²) in [5.41, 5.74) is 0. The quantitative estimate of drug-likeness (QED) is 0.618. The van der Waals surface area contributed by atoms with E-state index in [1.54, 1.807) is 0 Å². The van der Waals surface area contributed by atoms with Crippen molar-refractivity contribution in [2.75, 3.05) is 13.1 Å². The molecule has 0 aliphatic carbocycles. The van der Waals surface area contributed by atoms with Crippen molar-refractivity contribution in [2.24, 2.45) is 0 Å². The molecular weight excluding hydrogens is 166 g/mol. The minimum atomic E-state index is 0.756. The summed E-state index contributed by atoms with van der Waals surface area (Å²) in [6.07, 6.45) is 2.52. The normalized spacial score (nSPS) is 16.0. The fraction of sp³-hybridized carbons (Fsp3) is 1.00. The van der Waals surface area contributed by atoms with E-state index >= 15 is 0 Å². The summed E-state index contributed by atoms with van der Waals surface area (Å²) in [7, 11) is 0. The molecular formula is C10H23NS. The van der Waals surface area contributed by atoms with Gasteiger partial charge in [-0.2, -0.15) is 11.8 Å². The van der Waals surface area contributed by atoms with Crippen LogP contribution in [0.4, 0.5) is 0 Å². The fourth-order valence-corrected chi connectivity index (χ4v) is 2.22. The Morgan fingerprint density at radius 1 is 1.17 bits per heavy atom. The Labute approximate surface area is 81.7 Å². The second kappa shape index (κ2) is 7.93. The lowest BCUT2D eigenvalue weighted by molar-refractivity contribution is 0.667. The number of hydrogen-bond acceptors (Lipinski definition) is 2. The van der Waals surface area contributed by atoms with Gasteiger partial charge in [-0.05, 0) is 19.4 Å². The third-order valence-corrected chi connectivity index (χ3v) is 3.33. The highest BCUT2D eigenvalue weighted by atomic mass is 32.2. The fourth-order valence-electron chi connectivity index (χ4n) is 1.02. The molecule has 0 amide bonds. The first-order chi connectivity index (χ1) is 5.70. The third kappa shape index (κ3) is 6.99. The maximum absolute atomic E-state index is 3.44. The Bertz CT molecular complexity index is 95.8. The predicted octanol–water partition coefficient (Wildman–Crippen LogP) is 2.91. The number of thioether (sulfide) groups is 1. The van der Waals surface area contributed by atoms with Gasteiger partial charge in [0.25, 0.3) is 0 Å². The molecule has 2 atom stereocenters. The molecule has 0 aliphatic heterocycles. The maximum atomic E-state index is 3.44. The highest BCUT2D eigenvalue weighted by Gasteiger charge is 2.06. The molecule has 0 aromatic rings. The molecule has 0 rings (SSSR count). The smallest absolute Gasteiger partial charge is 0.0146 e. The van der Waals surface area contributed by atoms with Gasteiger partial charge in [0.1, 0.15) is 0 Å². The average molecular weight is 189 g/mol. The SMILES string of the molecule is CCCNCC(C)SC(C)CC. The molecule has 2 heteroatoms. The lowest BCUT2D eigenvalue weighted by Gasteiger charge is -2.15. The van der Waals surface area contributed by atoms with Gasteiger partial charge in [0.2, 0.25) is 0 Å². The van der Waals surface area contributed by atoms with Crippen LogP contribution in [-0.2, 0) is 0 Å². The predicted molar refractivity (Wildman–Crippen MR) is 60.0 cm³/mol. The second-order valence-corrected chi connectivity index (χ2v) is 5.25. The van der Waals surface area contributed by atoms with E-state index in [-0.39, 0.29) is 0 Å². The molecule has 1 N–H and O–H groups in total. The van der Waals surface area contributed by atoms with Crippen molar-refractivity contribution in [1.82, 2.24) is 5.32 Å². The summed E-state index contributed by atoms with van der Waals surface area (Å²) in [6.45, 7) is 11.4. The largest absolute Gasteiger partial charge is 0.316 e. The average Bonchev–Trinajstić information content (AvgIpc) is 2.05. The van der Waals surface area contributed by atoms with Gasteiger partial charge in [-0.3, -0.25) is 0 Å². The van der Waals surface area contributed by atoms with Gasteiger partial charge >= 0.3 is 0 Å². The first kappa shape index (κ1) is 12.3. The topological polar surface area (TPSA) is 12.0 Å². The molecule has 0 aliphatic rings. The molecule has 0 aromatic heterocycles. The van der Waals surface area contributed by atoms with Crippen LogP contribution in [0.5, 0.6) is 0 Å². The monoisotopic (exact) mass is 189 g/mol. The van der Waals surface area contributed by atoms with Crippen LogP contribution in [0.25, 0.3) is 0 Å². The summed E-state index contributed by atoms with van der Waals surface area (Å²) in [5.74, 6) is 0. The van der Waals surface area contributed by atoms with Crippen LogP contribution in [0.2, 0.25) is 0 Å². The van der Waals surface area contributed by atoms with Crippen LogP contribution in [-0.4, -0.2) is 23.6 Å². The van der Waals surface area contributed by atoms with E-state index < -0.39 is 0 Å². The number of hydrogen-bond donors (Lipinski definition) is 1. The van der Waals surface area contributed by atoms with E-state index in [1.165, 1.54) is 12.8 Å². The molecule has 0 heterocycles. The lowest BCUT2D eigenvalue weighted by Crippen LogP contribution is -2.24. The minimum Gasteiger partial charge on any atom is -0.316 e. The van der Waals surface area contributed by atoms with Crippen LogP contribution in [0.3, 0.4) is 0 Å². The summed E-state index contributed by atoms with van der Waals surface area (Å²) in [4.78, 5) is 0. The Morgan fingerprint density at radius 2 is 1.83 bits per heavy atom. The molecule has 0 bridgehead atoms. The van der Waals surface area contributed by atoms with Gasteiger partial charge in [-0.15, -0.1) is 0 Å². The Morgan fingerprint density at radius 3 is 2.33 bits per heavy atom. The van der Waals surface area contributed by atoms with Crippen LogP contribution in [0.15, 0.2) is 0 Å². The first-order valence-electron chi connectivity index (χ1n) is 5.06. The van der Waals surface area contributed by atoms with Gasteiger partial charge in [0.15, 0.2) is 0 Å². The van der Waals surface area contributed by atoms with Crippen molar-refractivity contribution in [1.29, 1.82) is 0 Å². The number of nitrogens with one attached hydrogen (secondary N) is 1. The zero-order chi connectivity index (χ0) is 9.40. The zero-order valence-corrected chi connectivity index (χ0v) is 9.71. The Kier molecular flexibility index (Phi) is 8.14. The Balaban J connectivity index is 3.26. The third-order valence-electron chi connectivity index (χ3n) is 1.90. The van der Waals surface area contributed by atoms with E-state index in [9.17, 15) is 0 Å². The van der Waals surface area contributed by atoms with Gasteiger partial charge in [0.05, 0.1) is 0 Å². The molecule has 74 valence electrons. The number of rotatable bonds is 7. The first-order valence-corrected chi connectivity index (χ1v) is 6.01. The van der Waals surface area contributed by atoms with Gasteiger partial charge < -0.3 is 5.32 Å². The van der Waals surface area contributed by atoms with Gasteiger partial charge in [-0.1, -0.05) is 27.7 Å². The molecule has 0 saturated heterocycles. The zero-order valence-electron chi connectivity index (χ0n) is 8.89. The summed E-state index contributed by atoms with van der Waals surface area (Å²) >= 11 is 2.09. The van der Waals surface area contributed by atoms with Crippen molar-refractivity contribution in [3.63, 3.8) is 0 Å². The van der Waals surface area contributed by atoms with Crippen LogP contribution < -0.4 is 5.32 Å². The molecule has 12 heavy (non-hydrogen) atoms. The molecule has 0 radical (unpaired) electrons. The highest BCUT2D eigenvalue weighted by Crippen LogP contribution is 2.18. The van der Waals surface area contributed by atoms with Gasteiger partial charge in [-0.25, -0.2) is 0 Å². The Hall–Kier alpha value is 0.310. The molecule has 0 saturated carbocycles. The summed E-state index contributed by atoms with van der Waals surface area (Å²) in [6, 6.07) is 0. The second-order valence-electron chi connectivity index (χ2n) is 3.37. The van der Waals surface area contributed by atoms with Crippen LogP contribution in [0.1, 0.15) is 40.5 Å². The lowest BCUT2D eigenvalue weighted by atomic mass is 10.4. The van der Waals surface area contributed by atoms with E-state index in [0.29, 0.717) is 0 Å². The summed E-state index contributed by atoms with van der Waals surface area (Å²) < 4.78 is 0. The van der Waals surface area contributed by atoms with Gasteiger partial charge in [0, 0.05) is 17.0 Å². The van der Waals surface area contributed by atoms with E-state index in [1.807, 2.05) is 0 Å². The van der Waals surface area contributed by atoms with E-state index in [2.05, 4.69) is 44.8 Å². The van der Waals surface area contributed by atoms with Crippen molar-refractivity contribution in [3.8, 4) is 0 Å². The van der Waals surface area contributed by atoms with E-state index in [4.69, 9.17) is 0 Å². The van der Waals surface area contributed by atoms with Crippen LogP contribution in [0, 0.1) is 0 Å². The molecule has 0 fully saturated rings. The van der Waals surface area contributed by atoms with Crippen molar-refractivity contribution >= 4 is 11.8 Å².